The number of alkyl carbamates (subject to hydrolysis) is 1. The van der Waals surface area contributed by atoms with Crippen LogP contribution in [0.5, 0.6) is 0 Å². The van der Waals surface area contributed by atoms with Gasteiger partial charge in [0.2, 0.25) is 5.91 Å². The fourth-order valence-electron chi connectivity index (χ4n) is 4.18. The first-order chi connectivity index (χ1) is 15.8. The van der Waals surface area contributed by atoms with Gasteiger partial charge >= 0.3 is 12.1 Å². The van der Waals surface area contributed by atoms with Crippen LogP contribution in [0.1, 0.15) is 57.1 Å². The molecule has 1 aliphatic rings. The van der Waals surface area contributed by atoms with Crippen molar-refractivity contribution in [1.82, 2.24) is 10.6 Å². The smallest absolute Gasteiger partial charge is 0.407 e. The lowest BCUT2D eigenvalue weighted by atomic mass is 9.98. The van der Waals surface area contributed by atoms with Crippen molar-refractivity contribution in [2.24, 2.45) is 5.92 Å². The number of carboxylic acid groups (broad SMARTS) is 1. The van der Waals surface area contributed by atoms with E-state index in [0.29, 0.717) is 19.3 Å². The summed E-state index contributed by atoms with van der Waals surface area (Å²) in [5.41, 5.74) is 4.56. The number of hydrogen-bond acceptors (Lipinski definition) is 4. The summed E-state index contributed by atoms with van der Waals surface area (Å²) >= 11 is 0. The summed E-state index contributed by atoms with van der Waals surface area (Å²) in [5, 5.41) is 14.4. The van der Waals surface area contributed by atoms with E-state index in [9.17, 15) is 14.4 Å². The molecule has 3 atom stereocenters. The number of carbonyl (C=O) groups is 3. The summed E-state index contributed by atoms with van der Waals surface area (Å²) in [5.74, 6) is -1.56. The molecule has 0 saturated heterocycles. The Morgan fingerprint density at radius 3 is 2.06 bits per heavy atom. The number of benzene rings is 2. The third-order valence-electron chi connectivity index (χ3n) is 6.16. The van der Waals surface area contributed by atoms with Crippen LogP contribution in [0.2, 0.25) is 0 Å². The molecule has 7 nitrogen and oxygen atoms in total. The highest BCUT2D eigenvalue weighted by Gasteiger charge is 2.29. The number of nitrogens with one attached hydrogen (secondary N) is 2. The van der Waals surface area contributed by atoms with Gasteiger partial charge in [-0.15, -0.1) is 0 Å². The number of carboxylic acids is 1. The molecule has 2 amide bonds. The molecule has 0 bridgehead atoms. The Morgan fingerprint density at radius 1 is 0.909 bits per heavy atom. The Balaban J connectivity index is 1.46. The molecule has 0 spiro atoms. The molecule has 0 aromatic heterocycles. The maximum Gasteiger partial charge on any atom is 0.407 e. The van der Waals surface area contributed by atoms with E-state index in [1.165, 1.54) is 0 Å². The third-order valence-corrected chi connectivity index (χ3v) is 6.16. The van der Waals surface area contributed by atoms with Crippen molar-refractivity contribution < 1.29 is 24.2 Å². The van der Waals surface area contributed by atoms with Crippen LogP contribution in [0, 0.1) is 5.92 Å². The quantitative estimate of drug-likeness (QED) is 0.498. The van der Waals surface area contributed by atoms with Gasteiger partial charge in [0, 0.05) is 12.0 Å². The number of hydrogen-bond donors (Lipinski definition) is 3. The van der Waals surface area contributed by atoms with Gasteiger partial charge in [-0.3, -0.25) is 9.59 Å². The van der Waals surface area contributed by atoms with Crippen LogP contribution >= 0.6 is 0 Å². The van der Waals surface area contributed by atoms with Crippen molar-refractivity contribution in [3.05, 3.63) is 59.7 Å². The summed E-state index contributed by atoms with van der Waals surface area (Å²) in [6, 6.07) is 15.3. The molecule has 33 heavy (non-hydrogen) atoms. The molecule has 2 aromatic rings. The molecule has 0 saturated carbocycles. The third kappa shape index (κ3) is 6.12. The van der Waals surface area contributed by atoms with Crippen molar-refractivity contribution in [3.63, 3.8) is 0 Å². The minimum Gasteiger partial charge on any atom is -0.481 e. The number of ether oxygens (including phenoxy) is 1. The molecule has 0 fully saturated rings. The van der Waals surface area contributed by atoms with Gasteiger partial charge in [-0.05, 0) is 48.9 Å². The molecule has 176 valence electrons. The van der Waals surface area contributed by atoms with Gasteiger partial charge in [0.1, 0.15) is 12.6 Å². The second-order valence-corrected chi connectivity index (χ2v) is 8.77. The molecule has 0 aliphatic heterocycles. The molecule has 3 N–H and O–H groups in total. The minimum absolute atomic E-state index is 0.0412. The molecule has 2 aromatic carbocycles. The van der Waals surface area contributed by atoms with Gasteiger partial charge in [0.25, 0.3) is 0 Å². The second-order valence-electron chi connectivity index (χ2n) is 8.77. The molecule has 0 radical (unpaired) electrons. The fourth-order valence-corrected chi connectivity index (χ4v) is 4.18. The second kappa shape index (κ2) is 11.0. The van der Waals surface area contributed by atoms with Crippen LogP contribution in [0.15, 0.2) is 48.5 Å². The lowest BCUT2D eigenvalue weighted by Gasteiger charge is -2.19. The molecule has 3 rings (SSSR count). The van der Waals surface area contributed by atoms with Crippen LogP contribution in [-0.4, -0.2) is 41.8 Å². The van der Waals surface area contributed by atoms with E-state index in [-0.39, 0.29) is 24.5 Å². The number of aliphatic carboxylic acids is 1. The van der Waals surface area contributed by atoms with Gasteiger partial charge in [0.15, 0.2) is 0 Å². The van der Waals surface area contributed by atoms with E-state index >= 15 is 0 Å². The van der Waals surface area contributed by atoms with E-state index in [1.807, 2.05) is 31.2 Å². The van der Waals surface area contributed by atoms with Crippen LogP contribution in [0.3, 0.4) is 0 Å². The zero-order valence-electron chi connectivity index (χ0n) is 19.3. The van der Waals surface area contributed by atoms with Crippen molar-refractivity contribution >= 4 is 18.0 Å². The standard InChI is InChI=1S/C26H32N2O5/c1-16(25(30)31)9-8-10-17(2)27-24(29)18(3)28-26(32)33-15-23-21-13-6-4-11-19(21)20-12-5-7-14-22(20)23/h4-7,11-14,16-18,23H,8-10,15H2,1-3H3,(H,27,29)(H,28,32)(H,30,31). The van der Waals surface area contributed by atoms with Gasteiger partial charge in [0.05, 0.1) is 5.92 Å². The van der Waals surface area contributed by atoms with E-state index in [4.69, 9.17) is 9.84 Å². The van der Waals surface area contributed by atoms with Crippen molar-refractivity contribution in [2.45, 2.75) is 58.0 Å². The topological polar surface area (TPSA) is 105 Å². The first-order valence-electron chi connectivity index (χ1n) is 11.4. The molecule has 7 heteroatoms. The summed E-state index contributed by atoms with van der Waals surface area (Å²) in [6.45, 7) is 5.33. The highest BCUT2D eigenvalue weighted by atomic mass is 16.5. The Labute approximate surface area is 194 Å². The Bertz CT molecular complexity index is 960. The van der Waals surface area contributed by atoms with Gasteiger partial charge in [-0.1, -0.05) is 61.9 Å². The predicted octanol–water partition coefficient (Wildman–Crippen LogP) is 4.31. The average Bonchev–Trinajstić information content (AvgIpc) is 3.11. The summed E-state index contributed by atoms with van der Waals surface area (Å²) in [7, 11) is 0. The number of carbonyl (C=O) groups excluding carboxylic acids is 2. The Morgan fingerprint density at radius 2 is 1.48 bits per heavy atom. The predicted molar refractivity (Wildman–Crippen MR) is 126 cm³/mol. The van der Waals surface area contributed by atoms with Crippen LogP contribution in [-0.2, 0) is 14.3 Å². The molecular formula is C26H32N2O5. The molecule has 1 aliphatic carbocycles. The van der Waals surface area contributed by atoms with Crippen molar-refractivity contribution in [1.29, 1.82) is 0 Å². The average molecular weight is 453 g/mol. The molecule has 3 unspecified atom stereocenters. The summed E-state index contributed by atoms with van der Waals surface area (Å²) < 4.78 is 5.49. The monoisotopic (exact) mass is 452 g/mol. The van der Waals surface area contributed by atoms with Crippen molar-refractivity contribution in [3.8, 4) is 11.1 Å². The molecular weight excluding hydrogens is 420 g/mol. The van der Waals surface area contributed by atoms with Gasteiger partial charge < -0.3 is 20.5 Å². The van der Waals surface area contributed by atoms with E-state index in [0.717, 1.165) is 22.3 Å². The molecule has 0 heterocycles. The highest BCUT2D eigenvalue weighted by molar-refractivity contribution is 5.85. The summed E-state index contributed by atoms with van der Waals surface area (Å²) in [6.07, 6.45) is 1.29. The Hall–Kier alpha value is -3.35. The number of amides is 2. The van der Waals surface area contributed by atoms with E-state index in [1.54, 1.807) is 13.8 Å². The number of rotatable bonds is 10. The van der Waals surface area contributed by atoms with Gasteiger partial charge in [-0.25, -0.2) is 4.79 Å². The maximum absolute atomic E-state index is 12.4. The van der Waals surface area contributed by atoms with E-state index < -0.39 is 24.0 Å². The van der Waals surface area contributed by atoms with Gasteiger partial charge in [-0.2, -0.15) is 0 Å². The zero-order chi connectivity index (χ0) is 24.0. The van der Waals surface area contributed by atoms with Crippen LogP contribution < -0.4 is 10.6 Å². The number of fused-ring (bicyclic) bond motifs is 3. The highest BCUT2D eigenvalue weighted by Crippen LogP contribution is 2.44. The summed E-state index contributed by atoms with van der Waals surface area (Å²) in [4.78, 5) is 35.7. The largest absolute Gasteiger partial charge is 0.481 e. The maximum atomic E-state index is 12.4. The lowest BCUT2D eigenvalue weighted by molar-refractivity contribution is -0.141. The Kier molecular flexibility index (Phi) is 8.09. The van der Waals surface area contributed by atoms with Crippen LogP contribution in [0.25, 0.3) is 11.1 Å². The van der Waals surface area contributed by atoms with E-state index in [2.05, 4.69) is 34.9 Å². The van der Waals surface area contributed by atoms with Crippen molar-refractivity contribution in [2.75, 3.05) is 6.61 Å². The first kappa shape index (κ1) is 24.3. The fraction of sp³-hybridized carbons (Fsp3) is 0.423. The zero-order valence-corrected chi connectivity index (χ0v) is 19.3. The normalized spacial score (nSPS) is 15.0. The lowest BCUT2D eigenvalue weighted by Crippen LogP contribution is -2.47. The minimum atomic E-state index is -0.812. The SMILES string of the molecule is CC(CCCC(C)C(=O)O)NC(=O)C(C)NC(=O)OCC1c2ccccc2-c2ccccc21. The van der Waals surface area contributed by atoms with Crippen LogP contribution in [0.4, 0.5) is 4.79 Å². The first-order valence-corrected chi connectivity index (χ1v) is 11.4.